The van der Waals surface area contributed by atoms with Gasteiger partial charge in [0, 0.05) is 17.3 Å². The number of ether oxygens (including phenoxy) is 2. The molecule has 0 radical (unpaired) electrons. The number of hydrogen-bond acceptors (Lipinski definition) is 6. The third kappa shape index (κ3) is 3.60. The molecule has 26 heavy (non-hydrogen) atoms. The molecule has 0 fully saturated rings. The number of nitrogens with zero attached hydrogens (tertiary/aromatic N) is 1. The van der Waals surface area contributed by atoms with Crippen LogP contribution in [0.15, 0.2) is 48.5 Å². The lowest BCUT2D eigenvalue weighted by Gasteiger charge is -2.13. The van der Waals surface area contributed by atoms with E-state index in [1.807, 2.05) is 30.3 Å². The van der Waals surface area contributed by atoms with Crippen LogP contribution >= 0.6 is 0 Å². The van der Waals surface area contributed by atoms with Gasteiger partial charge in [0.15, 0.2) is 11.4 Å². The largest absolute Gasteiger partial charge is 0.505 e. The van der Waals surface area contributed by atoms with Crippen LogP contribution in [0, 0.1) is 0 Å². The van der Waals surface area contributed by atoms with Gasteiger partial charge in [0.2, 0.25) is 0 Å². The predicted molar refractivity (Wildman–Crippen MR) is 98.6 cm³/mol. The standard InChI is InChI=1S/C20H20N2O4/c1-3-25-20(24)18-19(23)15-10-9-14(26-13-7-5-4-6-8-13)11-16(15)17(22-18)12-21-2/h4-11,21,23H,3,12H2,1-2H3. The lowest BCUT2D eigenvalue weighted by Crippen LogP contribution is -2.13. The maximum atomic E-state index is 12.1. The number of aromatic hydroxyl groups is 1. The van der Waals surface area contributed by atoms with E-state index in [4.69, 9.17) is 9.47 Å². The summed E-state index contributed by atoms with van der Waals surface area (Å²) in [7, 11) is 1.79. The Morgan fingerprint density at radius 1 is 1.12 bits per heavy atom. The number of nitrogens with one attached hydrogen (secondary N) is 1. The van der Waals surface area contributed by atoms with Crippen molar-refractivity contribution in [2.75, 3.05) is 13.7 Å². The molecule has 134 valence electrons. The summed E-state index contributed by atoms with van der Waals surface area (Å²) in [5.74, 6) is 0.493. The molecule has 0 amide bonds. The minimum absolute atomic E-state index is 0.0821. The smallest absolute Gasteiger partial charge is 0.360 e. The molecule has 3 rings (SSSR count). The van der Waals surface area contributed by atoms with Crippen molar-refractivity contribution in [1.82, 2.24) is 10.3 Å². The number of fused-ring (bicyclic) bond motifs is 1. The fraction of sp³-hybridized carbons (Fsp3) is 0.200. The van der Waals surface area contributed by atoms with Gasteiger partial charge >= 0.3 is 5.97 Å². The SMILES string of the molecule is CCOC(=O)c1nc(CNC)c2cc(Oc3ccccc3)ccc2c1O. The van der Waals surface area contributed by atoms with E-state index < -0.39 is 5.97 Å². The van der Waals surface area contributed by atoms with Gasteiger partial charge in [-0.15, -0.1) is 0 Å². The highest BCUT2D eigenvalue weighted by Gasteiger charge is 2.20. The van der Waals surface area contributed by atoms with E-state index in [9.17, 15) is 9.90 Å². The fourth-order valence-corrected chi connectivity index (χ4v) is 2.68. The van der Waals surface area contributed by atoms with Gasteiger partial charge in [-0.3, -0.25) is 0 Å². The van der Waals surface area contributed by atoms with Gasteiger partial charge in [0.05, 0.1) is 12.3 Å². The number of carbonyl (C=O) groups excluding carboxylic acids is 1. The maximum absolute atomic E-state index is 12.1. The third-order valence-corrected chi connectivity index (χ3v) is 3.82. The molecular formula is C20H20N2O4. The Kier molecular flexibility index (Phi) is 5.34. The van der Waals surface area contributed by atoms with Crippen LogP contribution in [0.1, 0.15) is 23.1 Å². The number of pyridine rings is 1. The lowest BCUT2D eigenvalue weighted by molar-refractivity contribution is 0.0516. The van der Waals surface area contributed by atoms with Crippen LogP contribution in [-0.2, 0) is 11.3 Å². The van der Waals surface area contributed by atoms with Crippen molar-refractivity contribution in [2.24, 2.45) is 0 Å². The van der Waals surface area contributed by atoms with Crippen molar-refractivity contribution in [3.63, 3.8) is 0 Å². The first kappa shape index (κ1) is 17.7. The van der Waals surface area contributed by atoms with Gasteiger partial charge in [0.1, 0.15) is 11.5 Å². The number of aromatic nitrogens is 1. The summed E-state index contributed by atoms with van der Waals surface area (Å²) >= 11 is 0. The second kappa shape index (κ2) is 7.84. The Hall–Kier alpha value is -3.12. The quantitative estimate of drug-likeness (QED) is 0.660. The number of carbonyl (C=O) groups is 1. The minimum Gasteiger partial charge on any atom is -0.505 e. The van der Waals surface area contributed by atoms with E-state index >= 15 is 0 Å². The number of benzene rings is 2. The fourth-order valence-electron chi connectivity index (χ4n) is 2.68. The van der Waals surface area contributed by atoms with Crippen LogP contribution in [0.2, 0.25) is 0 Å². The number of rotatable bonds is 6. The molecule has 1 aromatic heterocycles. The van der Waals surface area contributed by atoms with Gasteiger partial charge in [-0.1, -0.05) is 18.2 Å². The molecule has 0 aliphatic carbocycles. The third-order valence-electron chi connectivity index (χ3n) is 3.82. The van der Waals surface area contributed by atoms with Crippen LogP contribution in [0.5, 0.6) is 17.2 Å². The lowest BCUT2D eigenvalue weighted by atomic mass is 10.1. The van der Waals surface area contributed by atoms with Gasteiger partial charge in [0.25, 0.3) is 0 Å². The summed E-state index contributed by atoms with van der Waals surface area (Å²) in [4.78, 5) is 16.4. The van der Waals surface area contributed by atoms with E-state index in [0.717, 1.165) is 0 Å². The first-order valence-electron chi connectivity index (χ1n) is 8.34. The molecular weight excluding hydrogens is 332 g/mol. The Labute approximate surface area is 151 Å². The molecule has 0 aliphatic heterocycles. The second-order valence-corrected chi connectivity index (χ2v) is 5.63. The monoisotopic (exact) mass is 352 g/mol. The Bertz CT molecular complexity index is 926. The van der Waals surface area contributed by atoms with Crippen molar-refractivity contribution in [2.45, 2.75) is 13.5 Å². The number of esters is 1. The molecule has 2 aromatic carbocycles. The summed E-state index contributed by atoms with van der Waals surface area (Å²) in [6.07, 6.45) is 0. The number of para-hydroxylation sites is 1. The van der Waals surface area contributed by atoms with Crippen molar-refractivity contribution in [3.8, 4) is 17.2 Å². The molecule has 1 heterocycles. The second-order valence-electron chi connectivity index (χ2n) is 5.63. The molecule has 0 spiro atoms. The van der Waals surface area contributed by atoms with E-state index in [1.54, 1.807) is 32.2 Å². The van der Waals surface area contributed by atoms with Gasteiger partial charge < -0.3 is 19.9 Å². The molecule has 3 aromatic rings. The van der Waals surface area contributed by atoms with Crippen LogP contribution in [0.4, 0.5) is 0 Å². The van der Waals surface area contributed by atoms with Crippen molar-refractivity contribution in [3.05, 3.63) is 59.9 Å². The average molecular weight is 352 g/mol. The molecule has 0 aliphatic rings. The predicted octanol–water partition coefficient (Wildman–Crippen LogP) is 3.63. The van der Waals surface area contributed by atoms with Crippen LogP contribution in [0.25, 0.3) is 10.8 Å². The summed E-state index contributed by atoms with van der Waals surface area (Å²) < 4.78 is 10.8. The first-order valence-corrected chi connectivity index (χ1v) is 8.34. The van der Waals surface area contributed by atoms with E-state index in [2.05, 4.69) is 10.3 Å². The zero-order valence-electron chi connectivity index (χ0n) is 14.7. The number of hydrogen-bond donors (Lipinski definition) is 2. The van der Waals surface area contributed by atoms with Gasteiger partial charge in [-0.25, -0.2) is 9.78 Å². The summed E-state index contributed by atoms with van der Waals surface area (Å²) in [5, 5.41) is 14.7. The molecule has 0 bridgehead atoms. The molecule has 0 unspecified atom stereocenters. The molecule has 6 nitrogen and oxygen atoms in total. The van der Waals surface area contributed by atoms with Gasteiger partial charge in [-0.2, -0.15) is 0 Å². The molecule has 0 atom stereocenters. The summed E-state index contributed by atoms with van der Waals surface area (Å²) in [5.41, 5.74) is 0.545. The first-order chi connectivity index (χ1) is 12.6. The average Bonchev–Trinajstić information content (AvgIpc) is 2.65. The highest BCUT2D eigenvalue weighted by atomic mass is 16.5. The Morgan fingerprint density at radius 3 is 2.58 bits per heavy atom. The van der Waals surface area contributed by atoms with E-state index in [0.29, 0.717) is 34.5 Å². The molecule has 0 saturated heterocycles. The highest BCUT2D eigenvalue weighted by molar-refractivity contribution is 6.00. The Balaban J connectivity index is 2.08. The Morgan fingerprint density at radius 2 is 1.88 bits per heavy atom. The van der Waals surface area contributed by atoms with E-state index in [-0.39, 0.29) is 18.1 Å². The topological polar surface area (TPSA) is 80.7 Å². The highest BCUT2D eigenvalue weighted by Crippen LogP contribution is 2.34. The maximum Gasteiger partial charge on any atom is 0.360 e. The molecule has 2 N–H and O–H groups in total. The summed E-state index contributed by atoms with van der Waals surface area (Å²) in [6, 6.07) is 14.7. The van der Waals surface area contributed by atoms with Gasteiger partial charge in [-0.05, 0) is 44.3 Å². The minimum atomic E-state index is -0.645. The molecule has 0 saturated carbocycles. The zero-order valence-corrected chi connectivity index (χ0v) is 14.7. The van der Waals surface area contributed by atoms with Crippen molar-refractivity contribution < 1.29 is 19.4 Å². The van der Waals surface area contributed by atoms with E-state index in [1.165, 1.54) is 0 Å². The van der Waals surface area contributed by atoms with Crippen molar-refractivity contribution >= 4 is 16.7 Å². The van der Waals surface area contributed by atoms with Crippen LogP contribution in [-0.4, -0.2) is 29.7 Å². The van der Waals surface area contributed by atoms with Crippen molar-refractivity contribution in [1.29, 1.82) is 0 Å². The van der Waals surface area contributed by atoms with Crippen LogP contribution in [0.3, 0.4) is 0 Å². The zero-order chi connectivity index (χ0) is 18.5. The molecule has 6 heteroatoms. The summed E-state index contributed by atoms with van der Waals surface area (Å²) in [6.45, 7) is 2.35. The normalized spacial score (nSPS) is 10.7. The van der Waals surface area contributed by atoms with Crippen LogP contribution < -0.4 is 10.1 Å².